The Hall–Kier alpha value is -3.35. The van der Waals surface area contributed by atoms with E-state index in [1.54, 1.807) is 0 Å². The SMILES string of the molecule is CNc1cc(CNC2=NCCC(=NCc3ccc4c(c3)CCC=N4)N2)ccc1N. The van der Waals surface area contributed by atoms with Crippen molar-refractivity contribution in [2.45, 2.75) is 32.4 Å². The first-order chi connectivity index (χ1) is 14.2. The number of hydrogen-bond acceptors (Lipinski definition) is 6. The number of nitrogens with zero attached hydrogens (tertiary/aromatic N) is 3. The van der Waals surface area contributed by atoms with E-state index in [0.29, 0.717) is 13.1 Å². The molecule has 7 heteroatoms. The molecule has 2 aromatic rings. The number of benzene rings is 2. The molecule has 0 aliphatic carbocycles. The second kappa shape index (κ2) is 8.77. The summed E-state index contributed by atoms with van der Waals surface area (Å²) in [6.45, 7) is 2.06. The fraction of sp³-hybridized carbons (Fsp3) is 0.318. The van der Waals surface area contributed by atoms with E-state index in [0.717, 1.165) is 60.2 Å². The van der Waals surface area contributed by atoms with Crippen molar-refractivity contribution in [3.05, 3.63) is 53.1 Å². The average Bonchev–Trinajstić information content (AvgIpc) is 2.77. The molecule has 0 saturated heterocycles. The van der Waals surface area contributed by atoms with Crippen LogP contribution in [-0.4, -0.2) is 31.6 Å². The van der Waals surface area contributed by atoms with Gasteiger partial charge in [0.1, 0.15) is 5.84 Å². The van der Waals surface area contributed by atoms with Crippen LogP contribution in [0.4, 0.5) is 17.1 Å². The Balaban J connectivity index is 1.34. The van der Waals surface area contributed by atoms with Crippen molar-refractivity contribution in [2.75, 3.05) is 24.6 Å². The molecule has 29 heavy (non-hydrogen) atoms. The molecule has 0 unspecified atom stereocenters. The third-order valence-electron chi connectivity index (χ3n) is 5.10. The summed E-state index contributed by atoms with van der Waals surface area (Å²) < 4.78 is 0. The lowest BCUT2D eigenvalue weighted by Crippen LogP contribution is -2.43. The van der Waals surface area contributed by atoms with Gasteiger partial charge in [0.15, 0.2) is 5.96 Å². The van der Waals surface area contributed by atoms with Crippen molar-refractivity contribution in [1.82, 2.24) is 10.6 Å². The highest BCUT2D eigenvalue weighted by Gasteiger charge is 2.11. The Kier molecular flexibility index (Phi) is 5.74. The van der Waals surface area contributed by atoms with Gasteiger partial charge >= 0.3 is 0 Å². The van der Waals surface area contributed by atoms with E-state index >= 15 is 0 Å². The van der Waals surface area contributed by atoms with E-state index in [1.807, 2.05) is 31.5 Å². The molecule has 0 atom stereocenters. The largest absolute Gasteiger partial charge is 0.397 e. The normalized spacial score (nSPS) is 16.7. The number of amidine groups is 1. The van der Waals surface area contributed by atoms with Crippen LogP contribution in [0.15, 0.2) is 51.4 Å². The minimum absolute atomic E-state index is 0.663. The molecule has 0 aromatic heterocycles. The molecule has 0 fully saturated rings. The van der Waals surface area contributed by atoms with Gasteiger partial charge in [-0.1, -0.05) is 18.2 Å². The zero-order valence-electron chi connectivity index (χ0n) is 16.7. The third-order valence-corrected chi connectivity index (χ3v) is 5.10. The molecular formula is C22H27N7. The number of nitrogens with one attached hydrogen (secondary N) is 3. The quantitative estimate of drug-likeness (QED) is 0.591. The molecule has 5 N–H and O–H groups in total. The monoisotopic (exact) mass is 389 g/mol. The minimum Gasteiger partial charge on any atom is -0.397 e. The van der Waals surface area contributed by atoms with Crippen LogP contribution in [0.2, 0.25) is 0 Å². The highest BCUT2D eigenvalue weighted by atomic mass is 15.2. The molecule has 0 amide bonds. The predicted octanol–water partition coefficient (Wildman–Crippen LogP) is 3.00. The number of guanidine groups is 1. The van der Waals surface area contributed by atoms with Gasteiger partial charge in [-0.15, -0.1) is 0 Å². The lowest BCUT2D eigenvalue weighted by molar-refractivity contribution is 0.834. The molecule has 0 radical (unpaired) electrons. The Morgan fingerprint density at radius 3 is 2.93 bits per heavy atom. The van der Waals surface area contributed by atoms with Crippen LogP contribution in [-0.2, 0) is 19.5 Å². The van der Waals surface area contributed by atoms with Crippen LogP contribution in [0, 0.1) is 0 Å². The molecule has 4 rings (SSSR count). The summed E-state index contributed by atoms with van der Waals surface area (Å²) in [5.74, 6) is 1.73. The van der Waals surface area contributed by atoms with Gasteiger partial charge < -0.3 is 21.7 Å². The Bertz CT molecular complexity index is 975. The van der Waals surface area contributed by atoms with Crippen molar-refractivity contribution in [3.8, 4) is 0 Å². The molecule has 0 spiro atoms. The summed E-state index contributed by atoms with van der Waals surface area (Å²) in [4.78, 5) is 13.7. The fourth-order valence-electron chi connectivity index (χ4n) is 3.48. The van der Waals surface area contributed by atoms with E-state index in [9.17, 15) is 0 Å². The van der Waals surface area contributed by atoms with Gasteiger partial charge in [-0.2, -0.15) is 0 Å². The number of hydrogen-bond donors (Lipinski definition) is 4. The van der Waals surface area contributed by atoms with Crippen molar-refractivity contribution in [3.63, 3.8) is 0 Å². The number of aliphatic imine (C=N–C) groups is 3. The Labute approximate surface area is 171 Å². The maximum atomic E-state index is 5.93. The fourth-order valence-corrected chi connectivity index (χ4v) is 3.48. The van der Waals surface area contributed by atoms with E-state index in [4.69, 9.17) is 10.7 Å². The standard InChI is InChI=1S/C22H27N7/c1-24-20-12-16(4-6-18(20)23)14-28-22-26-10-8-21(29-22)27-13-15-5-7-19-17(11-15)3-2-9-25-19/h4-7,9,11-12,24H,2-3,8,10,13-14,23H2,1H3,(H2,26,27,28,29). The summed E-state index contributed by atoms with van der Waals surface area (Å²) in [7, 11) is 1.87. The molecule has 2 aromatic carbocycles. The molecule has 7 nitrogen and oxygen atoms in total. The number of rotatable bonds is 5. The summed E-state index contributed by atoms with van der Waals surface area (Å²) in [5, 5.41) is 9.78. The lowest BCUT2D eigenvalue weighted by Gasteiger charge is -2.19. The first-order valence-electron chi connectivity index (χ1n) is 10.0. The third kappa shape index (κ3) is 4.74. The second-order valence-electron chi connectivity index (χ2n) is 7.21. The summed E-state index contributed by atoms with van der Waals surface area (Å²) in [6.07, 6.45) is 4.89. The highest BCUT2D eigenvalue weighted by molar-refractivity contribution is 6.01. The van der Waals surface area contributed by atoms with Crippen LogP contribution >= 0.6 is 0 Å². The van der Waals surface area contributed by atoms with E-state index < -0.39 is 0 Å². The zero-order valence-corrected chi connectivity index (χ0v) is 16.7. The maximum Gasteiger partial charge on any atom is 0.196 e. The minimum atomic E-state index is 0.663. The average molecular weight is 390 g/mol. The molecule has 0 saturated carbocycles. The topological polar surface area (TPSA) is 99.2 Å². The molecule has 2 aliphatic heterocycles. The van der Waals surface area contributed by atoms with Crippen LogP contribution < -0.4 is 21.7 Å². The van der Waals surface area contributed by atoms with Crippen molar-refractivity contribution >= 4 is 35.1 Å². The van der Waals surface area contributed by atoms with Gasteiger partial charge in [-0.05, 0) is 47.7 Å². The van der Waals surface area contributed by atoms with E-state index in [1.165, 1.54) is 11.1 Å². The Morgan fingerprint density at radius 1 is 1.14 bits per heavy atom. The van der Waals surface area contributed by atoms with Gasteiger partial charge in [0.2, 0.25) is 0 Å². The first-order valence-corrected chi connectivity index (χ1v) is 10.0. The van der Waals surface area contributed by atoms with E-state index in [-0.39, 0.29) is 0 Å². The smallest absolute Gasteiger partial charge is 0.196 e. The van der Waals surface area contributed by atoms with Crippen LogP contribution in [0.3, 0.4) is 0 Å². The molecule has 0 bridgehead atoms. The summed E-state index contributed by atoms with van der Waals surface area (Å²) in [6, 6.07) is 12.4. The highest BCUT2D eigenvalue weighted by Crippen LogP contribution is 2.25. The molecule has 2 heterocycles. The Morgan fingerprint density at radius 2 is 2.03 bits per heavy atom. The predicted molar refractivity (Wildman–Crippen MR) is 121 cm³/mol. The number of fused-ring (bicyclic) bond motifs is 1. The number of aryl methyl sites for hydroxylation is 1. The second-order valence-corrected chi connectivity index (χ2v) is 7.21. The zero-order chi connectivity index (χ0) is 20.1. The van der Waals surface area contributed by atoms with Gasteiger partial charge in [0.05, 0.1) is 23.6 Å². The van der Waals surface area contributed by atoms with Crippen molar-refractivity contribution in [1.29, 1.82) is 0 Å². The summed E-state index contributed by atoms with van der Waals surface area (Å²) in [5.41, 5.74) is 12.4. The van der Waals surface area contributed by atoms with Gasteiger partial charge in [-0.3, -0.25) is 15.0 Å². The molecule has 2 aliphatic rings. The van der Waals surface area contributed by atoms with Crippen LogP contribution in [0.5, 0.6) is 0 Å². The first kappa shape index (κ1) is 19.0. The number of nitrogens with two attached hydrogens (primary N) is 1. The van der Waals surface area contributed by atoms with Crippen LogP contribution in [0.25, 0.3) is 0 Å². The van der Waals surface area contributed by atoms with Gasteiger partial charge in [0.25, 0.3) is 0 Å². The molecular weight excluding hydrogens is 362 g/mol. The summed E-state index contributed by atoms with van der Waals surface area (Å²) >= 11 is 0. The van der Waals surface area contributed by atoms with Crippen molar-refractivity contribution in [2.24, 2.45) is 15.0 Å². The number of anilines is 2. The number of nitrogen functional groups attached to an aromatic ring is 1. The van der Waals surface area contributed by atoms with E-state index in [2.05, 4.69) is 44.1 Å². The van der Waals surface area contributed by atoms with Crippen LogP contribution in [0.1, 0.15) is 29.5 Å². The maximum absolute atomic E-state index is 5.93. The van der Waals surface area contributed by atoms with Gasteiger partial charge in [-0.25, -0.2) is 0 Å². The molecule has 150 valence electrons. The van der Waals surface area contributed by atoms with Gasteiger partial charge in [0, 0.05) is 32.8 Å². The van der Waals surface area contributed by atoms with Crippen molar-refractivity contribution < 1.29 is 0 Å². The lowest BCUT2D eigenvalue weighted by atomic mass is 10.0.